The molecule has 126 valence electrons. The molecule has 0 aliphatic rings. The Balaban J connectivity index is 2.86. The molecule has 0 atom stereocenters. The van der Waals surface area contributed by atoms with Crippen molar-refractivity contribution in [1.82, 2.24) is 11.0 Å². The van der Waals surface area contributed by atoms with Crippen LogP contribution in [0, 0.1) is 6.92 Å². The molecular formula is C13H16N2O6S2. The number of benzene rings is 2. The van der Waals surface area contributed by atoms with E-state index in [2.05, 4.69) is 19.5 Å². The Morgan fingerprint density at radius 2 is 1.43 bits per heavy atom. The van der Waals surface area contributed by atoms with Crippen LogP contribution in [0.5, 0.6) is 0 Å². The lowest BCUT2D eigenvalue weighted by Gasteiger charge is -2.13. The van der Waals surface area contributed by atoms with Gasteiger partial charge in [0.1, 0.15) is 9.79 Å². The van der Waals surface area contributed by atoms with Crippen LogP contribution >= 0.6 is 0 Å². The molecule has 0 unspecified atom stereocenters. The Morgan fingerprint density at radius 1 is 0.826 bits per heavy atom. The van der Waals surface area contributed by atoms with Gasteiger partial charge in [0.05, 0.1) is 0 Å². The molecule has 0 spiro atoms. The average molecular weight is 360 g/mol. The fraction of sp³-hybridized carbons (Fsp3) is 0.231. The highest BCUT2D eigenvalue weighted by Crippen LogP contribution is 2.32. The van der Waals surface area contributed by atoms with Gasteiger partial charge >= 0.3 is 20.2 Å². The topological polar surface area (TPSA) is 111 Å². The second-order valence-electron chi connectivity index (χ2n) is 4.55. The molecule has 2 rings (SSSR count). The molecule has 2 N–H and O–H groups in total. The van der Waals surface area contributed by atoms with Crippen LogP contribution in [0.2, 0.25) is 0 Å². The average Bonchev–Trinajstić information content (AvgIpc) is 2.45. The van der Waals surface area contributed by atoms with Gasteiger partial charge in [0.25, 0.3) is 0 Å². The van der Waals surface area contributed by atoms with E-state index in [-0.39, 0.29) is 20.6 Å². The molecular weight excluding hydrogens is 344 g/mol. The van der Waals surface area contributed by atoms with E-state index in [0.717, 1.165) is 0 Å². The zero-order chi connectivity index (χ0) is 17.3. The summed E-state index contributed by atoms with van der Waals surface area (Å²) < 4.78 is 58.0. The molecule has 2 aromatic rings. The van der Waals surface area contributed by atoms with Crippen molar-refractivity contribution in [3.63, 3.8) is 0 Å². The molecule has 0 saturated heterocycles. The molecule has 0 saturated carbocycles. The van der Waals surface area contributed by atoms with Crippen LogP contribution in [0.4, 0.5) is 0 Å². The third kappa shape index (κ3) is 3.37. The summed E-state index contributed by atoms with van der Waals surface area (Å²) in [5, 5.41) is 0.438. The number of fused-ring (bicyclic) bond motifs is 1. The van der Waals surface area contributed by atoms with Crippen LogP contribution < -0.4 is 11.0 Å². The predicted octanol–water partition coefficient (Wildman–Crippen LogP) is 0.828. The van der Waals surface area contributed by atoms with E-state index in [1.54, 1.807) is 6.92 Å². The van der Waals surface area contributed by atoms with Gasteiger partial charge in [0.15, 0.2) is 0 Å². The highest BCUT2D eigenvalue weighted by Gasteiger charge is 2.25. The smallest absolute Gasteiger partial charge is 0.192 e. The Bertz CT molecular complexity index is 938. The molecule has 0 bridgehead atoms. The second kappa shape index (κ2) is 6.51. The monoisotopic (exact) mass is 360 g/mol. The quantitative estimate of drug-likeness (QED) is 0.729. The van der Waals surface area contributed by atoms with Crippen molar-refractivity contribution >= 4 is 31.0 Å². The zero-order valence-electron chi connectivity index (χ0n) is 12.7. The molecule has 0 aliphatic heterocycles. The van der Waals surface area contributed by atoms with Gasteiger partial charge in [-0.25, -0.2) is 0 Å². The first-order valence-electron chi connectivity index (χ1n) is 6.47. The Kier molecular flexibility index (Phi) is 5.04. The van der Waals surface area contributed by atoms with E-state index >= 15 is 0 Å². The van der Waals surface area contributed by atoms with Crippen molar-refractivity contribution in [2.45, 2.75) is 16.7 Å². The Morgan fingerprint density at radius 3 is 2.04 bits per heavy atom. The first kappa shape index (κ1) is 17.8. The van der Waals surface area contributed by atoms with E-state index in [9.17, 15) is 16.8 Å². The minimum atomic E-state index is -4.10. The fourth-order valence-corrected chi connectivity index (χ4v) is 4.48. The van der Waals surface area contributed by atoms with Crippen molar-refractivity contribution in [2.75, 3.05) is 14.1 Å². The third-order valence-corrected chi connectivity index (χ3v) is 5.78. The molecule has 0 amide bonds. The predicted molar refractivity (Wildman–Crippen MR) is 83.3 cm³/mol. The van der Waals surface area contributed by atoms with Crippen molar-refractivity contribution in [2.24, 2.45) is 0 Å². The molecule has 10 heteroatoms. The van der Waals surface area contributed by atoms with Gasteiger partial charge in [-0.1, -0.05) is 24.3 Å². The number of hydroxylamine groups is 2. The third-order valence-electron chi connectivity index (χ3n) is 3.07. The number of nitrogens with one attached hydrogen (secondary N) is 2. The molecule has 8 nitrogen and oxygen atoms in total. The van der Waals surface area contributed by atoms with Crippen LogP contribution in [0.15, 0.2) is 40.1 Å². The lowest BCUT2D eigenvalue weighted by molar-refractivity contribution is 0.230. The standard InChI is InChI=1S/C13H16N2O6S2/c1-9-7-8-10-11(13(9)23(18,19)21-15-3)5-4-6-12(10)22(16,17)20-14-2/h4-8,14-15H,1-3H3. The molecule has 2 aromatic carbocycles. The number of rotatable bonds is 6. The summed E-state index contributed by atoms with van der Waals surface area (Å²) in [6.45, 7) is 1.59. The van der Waals surface area contributed by atoms with Gasteiger partial charge in [-0.15, -0.1) is 0 Å². The molecule has 0 aliphatic carbocycles. The SMILES string of the molecule is CNOS(=O)(=O)c1cccc2c(S(=O)(=O)ONC)c(C)ccc12. The van der Waals surface area contributed by atoms with Gasteiger partial charge in [-0.05, 0) is 18.6 Å². The first-order valence-corrected chi connectivity index (χ1v) is 9.29. The second-order valence-corrected chi connectivity index (χ2v) is 7.54. The lowest BCUT2D eigenvalue weighted by atomic mass is 10.1. The van der Waals surface area contributed by atoms with Crippen molar-refractivity contribution in [1.29, 1.82) is 0 Å². The van der Waals surface area contributed by atoms with Gasteiger partial charge < -0.3 is 0 Å². The van der Waals surface area contributed by atoms with Gasteiger partial charge in [-0.2, -0.15) is 36.4 Å². The number of hydrogen-bond donors (Lipinski definition) is 2. The van der Waals surface area contributed by atoms with Crippen molar-refractivity contribution < 1.29 is 25.4 Å². The summed E-state index contributed by atoms with van der Waals surface area (Å²) >= 11 is 0. The fourth-order valence-electron chi connectivity index (χ4n) is 2.27. The zero-order valence-corrected chi connectivity index (χ0v) is 14.3. The van der Waals surface area contributed by atoms with Crippen LogP contribution in [-0.4, -0.2) is 30.9 Å². The van der Waals surface area contributed by atoms with E-state index in [0.29, 0.717) is 5.56 Å². The lowest BCUT2D eigenvalue weighted by Crippen LogP contribution is -2.18. The van der Waals surface area contributed by atoms with E-state index in [1.807, 2.05) is 0 Å². The van der Waals surface area contributed by atoms with Crippen LogP contribution in [-0.2, 0) is 28.8 Å². The summed E-state index contributed by atoms with van der Waals surface area (Å²) in [6, 6.07) is 7.31. The maximum atomic E-state index is 12.3. The minimum Gasteiger partial charge on any atom is -0.192 e. The summed E-state index contributed by atoms with van der Waals surface area (Å²) in [5.41, 5.74) is 4.66. The summed E-state index contributed by atoms with van der Waals surface area (Å²) in [5.74, 6) is 0. The largest absolute Gasteiger partial charge is 0.313 e. The van der Waals surface area contributed by atoms with Crippen LogP contribution in [0.3, 0.4) is 0 Å². The number of aryl methyl sites for hydroxylation is 1. The molecule has 0 heterocycles. The van der Waals surface area contributed by atoms with Gasteiger partial charge in [0, 0.05) is 24.9 Å². The number of hydrogen-bond acceptors (Lipinski definition) is 8. The first-order chi connectivity index (χ1) is 10.7. The normalized spacial score (nSPS) is 12.7. The molecule has 23 heavy (non-hydrogen) atoms. The van der Waals surface area contributed by atoms with Gasteiger partial charge in [-0.3, -0.25) is 0 Å². The van der Waals surface area contributed by atoms with Gasteiger partial charge in [0.2, 0.25) is 0 Å². The molecule has 0 fully saturated rings. The van der Waals surface area contributed by atoms with E-state index in [1.165, 1.54) is 44.4 Å². The Hall–Kier alpha value is -1.56. The van der Waals surface area contributed by atoms with E-state index in [4.69, 9.17) is 0 Å². The van der Waals surface area contributed by atoms with Crippen LogP contribution in [0.1, 0.15) is 5.56 Å². The highest BCUT2D eigenvalue weighted by atomic mass is 32.2. The van der Waals surface area contributed by atoms with E-state index < -0.39 is 20.2 Å². The highest BCUT2D eigenvalue weighted by molar-refractivity contribution is 7.87. The molecule has 0 aromatic heterocycles. The summed E-state index contributed by atoms with van der Waals surface area (Å²) in [4.78, 5) is -0.254. The van der Waals surface area contributed by atoms with Crippen molar-refractivity contribution in [3.8, 4) is 0 Å². The van der Waals surface area contributed by atoms with Crippen LogP contribution in [0.25, 0.3) is 10.8 Å². The minimum absolute atomic E-state index is 0.106. The van der Waals surface area contributed by atoms with Crippen molar-refractivity contribution in [3.05, 3.63) is 35.9 Å². The Labute approximate surface area is 134 Å². The molecule has 0 radical (unpaired) electrons. The maximum absolute atomic E-state index is 12.3. The summed E-state index contributed by atoms with van der Waals surface area (Å²) in [6.07, 6.45) is 0. The summed E-state index contributed by atoms with van der Waals surface area (Å²) in [7, 11) is -5.57. The maximum Gasteiger partial charge on any atom is 0.313 e.